The lowest BCUT2D eigenvalue weighted by Gasteiger charge is -2.20. The Labute approximate surface area is 181 Å². The summed E-state index contributed by atoms with van der Waals surface area (Å²) in [6.45, 7) is 0. The number of anilines is 1. The van der Waals surface area contributed by atoms with Crippen molar-refractivity contribution in [3.63, 3.8) is 0 Å². The van der Waals surface area contributed by atoms with Crippen LogP contribution in [0.4, 0.5) is 5.69 Å². The Kier molecular flexibility index (Phi) is 5.62. The molecule has 0 spiro atoms. The molecule has 4 rings (SSSR count). The third-order valence-electron chi connectivity index (χ3n) is 4.71. The maximum atomic E-state index is 5.91. The van der Waals surface area contributed by atoms with Gasteiger partial charge in [0.15, 0.2) is 0 Å². The molecule has 0 saturated heterocycles. The summed E-state index contributed by atoms with van der Waals surface area (Å²) < 4.78 is 2.10. The fourth-order valence-electron chi connectivity index (χ4n) is 3.41. The van der Waals surface area contributed by atoms with Crippen molar-refractivity contribution in [2.45, 2.75) is 0 Å². The van der Waals surface area contributed by atoms with E-state index in [2.05, 4.69) is 116 Å². The summed E-state index contributed by atoms with van der Waals surface area (Å²) in [6, 6.07) is 31.3. The molecule has 2 nitrogen and oxygen atoms in total. The normalized spacial score (nSPS) is 10.7. The highest BCUT2D eigenvalue weighted by molar-refractivity contribution is 9.10. The van der Waals surface area contributed by atoms with E-state index in [-0.39, 0.29) is 0 Å². The van der Waals surface area contributed by atoms with Crippen LogP contribution in [-0.4, -0.2) is 0 Å². The largest absolute Gasteiger partial charge is 0.323 e. The van der Waals surface area contributed by atoms with Crippen molar-refractivity contribution in [2.75, 3.05) is 5.43 Å². The van der Waals surface area contributed by atoms with Crippen LogP contribution >= 0.6 is 31.9 Å². The van der Waals surface area contributed by atoms with Gasteiger partial charge in [0.05, 0.1) is 5.69 Å². The second-order valence-electron chi connectivity index (χ2n) is 6.43. The summed E-state index contributed by atoms with van der Waals surface area (Å²) in [6.07, 6.45) is 0. The molecule has 4 aromatic carbocycles. The SMILES string of the molecule is NNc1ccc(-c2ccccc2)c(-c2ccc(Br)cc2)c1-c1ccc(Br)cc1. The van der Waals surface area contributed by atoms with Crippen molar-refractivity contribution in [2.24, 2.45) is 5.84 Å². The molecule has 0 radical (unpaired) electrons. The molecule has 0 aliphatic carbocycles. The maximum Gasteiger partial charge on any atom is 0.0570 e. The van der Waals surface area contributed by atoms with E-state index in [0.717, 1.165) is 36.9 Å². The zero-order valence-electron chi connectivity index (χ0n) is 15.0. The van der Waals surface area contributed by atoms with Gasteiger partial charge in [0.2, 0.25) is 0 Å². The predicted molar refractivity (Wildman–Crippen MR) is 126 cm³/mol. The van der Waals surface area contributed by atoms with E-state index in [1.54, 1.807) is 0 Å². The van der Waals surface area contributed by atoms with E-state index in [9.17, 15) is 0 Å². The standard InChI is InChI=1S/C24H18Br2N2/c25-19-10-6-17(7-11-19)23-21(16-4-2-1-3-5-16)14-15-22(28-27)24(23)18-8-12-20(26)13-9-18/h1-15,28H,27H2. The third-order valence-corrected chi connectivity index (χ3v) is 5.77. The first-order valence-electron chi connectivity index (χ1n) is 8.88. The second-order valence-corrected chi connectivity index (χ2v) is 8.27. The summed E-state index contributed by atoms with van der Waals surface area (Å²) in [4.78, 5) is 0. The summed E-state index contributed by atoms with van der Waals surface area (Å²) in [5, 5.41) is 0. The minimum atomic E-state index is 0.889. The molecular weight excluding hydrogens is 476 g/mol. The number of hydrazine groups is 1. The quantitative estimate of drug-likeness (QED) is 0.228. The lowest BCUT2D eigenvalue weighted by Crippen LogP contribution is -2.09. The Morgan fingerprint density at radius 1 is 0.536 bits per heavy atom. The lowest BCUT2D eigenvalue weighted by molar-refractivity contribution is 1.35. The lowest BCUT2D eigenvalue weighted by atomic mass is 9.86. The number of hydrogen-bond acceptors (Lipinski definition) is 2. The van der Waals surface area contributed by atoms with Crippen LogP contribution in [0.1, 0.15) is 0 Å². The first kappa shape index (κ1) is 18.9. The zero-order valence-corrected chi connectivity index (χ0v) is 18.2. The smallest absolute Gasteiger partial charge is 0.0570 e. The Hall–Kier alpha value is -2.40. The number of hydrogen-bond donors (Lipinski definition) is 2. The highest BCUT2D eigenvalue weighted by Crippen LogP contribution is 2.44. The van der Waals surface area contributed by atoms with Gasteiger partial charge in [-0.05, 0) is 58.1 Å². The van der Waals surface area contributed by atoms with Gasteiger partial charge in [-0.2, -0.15) is 0 Å². The summed E-state index contributed by atoms with van der Waals surface area (Å²) in [5.41, 5.74) is 10.6. The molecule has 0 unspecified atom stereocenters. The van der Waals surface area contributed by atoms with Gasteiger partial charge in [0, 0.05) is 14.5 Å². The maximum absolute atomic E-state index is 5.91. The molecular formula is C24H18Br2N2. The van der Waals surface area contributed by atoms with Crippen molar-refractivity contribution in [3.05, 3.63) is 99.9 Å². The van der Waals surface area contributed by atoms with Gasteiger partial charge in [0.1, 0.15) is 0 Å². The Morgan fingerprint density at radius 3 is 1.61 bits per heavy atom. The molecule has 0 amide bonds. The van der Waals surface area contributed by atoms with Crippen LogP contribution in [0.3, 0.4) is 0 Å². The van der Waals surface area contributed by atoms with Crippen LogP contribution in [-0.2, 0) is 0 Å². The van der Waals surface area contributed by atoms with Crippen LogP contribution in [0.2, 0.25) is 0 Å². The van der Waals surface area contributed by atoms with E-state index >= 15 is 0 Å². The number of nitrogens with two attached hydrogens (primary N) is 1. The zero-order chi connectivity index (χ0) is 19.5. The Balaban J connectivity index is 2.07. The molecule has 3 N–H and O–H groups in total. The van der Waals surface area contributed by atoms with E-state index in [1.807, 2.05) is 12.1 Å². The number of halogens is 2. The van der Waals surface area contributed by atoms with Crippen LogP contribution in [0.25, 0.3) is 33.4 Å². The van der Waals surface area contributed by atoms with E-state index in [4.69, 9.17) is 5.84 Å². The van der Waals surface area contributed by atoms with Crippen molar-refractivity contribution in [3.8, 4) is 33.4 Å². The molecule has 0 atom stereocenters. The van der Waals surface area contributed by atoms with E-state index in [0.29, 0.717) is 0 Å². The van der Waals surface area contributed by atoms with Gasteiger partial charge >= 0.3 is 0 Å². The first-order chi connectivity index (χ1) is 13.7. The van der Waals surface area contributed by atoms with Gasteiger partial charge in [-0.1, -0.05) is 92.5 Å². The van der Waals surface area contributed by atoms with Gasteiger partial charge in [-0.3, -0.25) is 5.84 Å². The van der Waals surface area contributed by atoms with Crippen LogP contribution in [0, 0.1) is 0 Å². The highest BCUT2D eigenvalue weighted by Gasteiger charge is 2.18. The molecule has 0 aliphatic heterocycles. The average molecular weight is 494 g/mol. The molecule has 28 heavy (non-hydrogen) atoms. The van der Waals surface area contributed by atoms with Crippen molar-refractivity contribution >= 4 is 37.5 Å². The number of rotatable bonds is 4. The molecule has 0 heterocycles. The molecule has 4 heteroatoms. The minimum Gasteiger partial charge on any atom is -0.323 e. The van der Waals surface area contributed by atoms with E-state index < -0.39 is 0 Å². The third kappa shape index (κ3) is 3.76. The monoisotopic (exact) mass is 492 g/mol. The number of nitrogen functional groups attached to an aromatic ring is 1. The highest BCUT2D eigenvalue weighted by atomic mass is 79.9. The number of benzene rings is 4. The molecule has 138 valence electrons. The van der Waals surface area contributed by atoms with Crippen LogP contribution < -0.4 is 11.3 Å². The molecule has 0 saturated carbocycles. The predicted octanol–water partition coefficient (Wildman–Crippen LogP) is 7.50. The van der Waals surface area contributed by atoms with Gasteiger partial charge in [0.25, 0.3) is 0 Å². The summed E-state index contributed by atoms with van der Waals surface area (Å²) in [5.74, 6) is 5.91. The first-order valence-corrected chi connectivity index (χ1v) is 10.5. The van der Waals surface area contributed by atoms with Gasteiger partial charge in [-0.15, -0.1) is 0 Å². The fraction of sp³-hybridized carbons (Fsp3) is 0. The fourth-order valence-corrected chi connectivity index (χ4v) is 3.94. The van der Waals surface area contributed by atoms with Crippen molar-refractivity contribution in [1.82, 2.24) is 0 Å². The Morgan fingerprint density at radius 2 is 1.07 bits per heavy atom. The van der Waals surface area contributed by atoms with E-state index in [1.165, 1.54) is 11.1 Å². The van der Waals surface area contributed by atoms with Crippen LogP contribution in [0.5, 0.6) is 0 Å². The topological polar surface area (TPSA) is 38.0 Å². The van der Waals surface area contributed by atoms with Gasteiger partial charge < -0.3 is 5.43 Å². The molecule has 0 aliphatic rings. The van der Waals surface area contributed by atoms with Crippen molar-refractivity contribution in [1.29, 1.82) is 0 Å². The molecule has 0 fully saturated rings. The number of nitrogens with one attached hydrogen (secondary N) is 1. The molecule has 4 aromatic rings. The Bertz CT molecular complexity index is 1090. The summed E-state index contributed by atoms with van der Waals surface area (Å²) >= 11 is 7.07. The van der Waals surface area contributed by atoms with Gasteiger partial charge in [-0.25, -0.2) is 0 Å². The minimum absolute atomic E-state index is 0.889. The summed E-state index contributed by atoms with van der Waals surface area (Å²) in [7, 11) is 0. The van der Waals surface area contributed by atoms with Crippen LogP contribution in [0.15, 0.2) is 99.9 Å². The molecule has 0 bridgehead atoms. The van der Waals surface area contributed by atoms with Crippen molar-refractivity contribution < 1.29 is 0 Å². The second kappa shape index (κ2) is 8.31. The molecule has 0 aromatic heterocycles. The average Bonchev–Trinajstić information content (AvgIpc) is 2.74.